The van der Waals surface area contributed by atoms with Gasteiger partial charge in [0, 0.05) is 28.9 Å². The number of rotatable bonds is 6. The molecule has 2 N–H and O–H groups in total. The van der Waals surface area contributed by atoms with Crippen LogP contribution in [-0.2, 0) is 11.2 Å². The highest BCUT2D eigenvalue weighted by Crippen LogP contribution is 2.36. The van der Waals surface area contributed by atoms with Gasteiger partial charge in [-0.3, -0.25) is 9.59 Å². The van der Waals surface area contributed by atoms with Gasteiger partial charge in [-0.05, 0) is 55.5 Å². The van der Waals surface area contributed by atoms with E-state index in [4.69, 9.17) is 10.1 Å². The number of carbonyl (C=O) groups is 2. The number of imidazole rings is 1. The number of fused-ring (bicyclic) bond motifs is 1. The zero-order chi connectivity index (χ0) is 24.7. The normalized spacial score (nSPS) is 17.2. The van der Waals surface area contributed by atoms with Crippen LogP contribution in [0.5, 0.6) is 0 Å². The third-order valence-corrected chi connectivity index (χ3v) is 6.74. The van der Waals surface area contributed by atoms with E-state index < -0.39 is 5.97 Å². The van der Waals surface area contributed by atoms with E-state index >= 15 is 0 Å². The van der Waals surface area contributed by atoms with Crippen LogP contribution in [0.3, 0.4) is 0 Å². The predicted molar refractivity (Wildman–Crippen MR) is 132 cm³/mol. The molecule has 1 aliphatic rings. The van der Waals surface area contributed by atoms with Crippen molar-refractivity contribution in [3.05, 3.63) is 83.4 Å². The minimum atomic E-state index is -0.820. The molecule has 1 aliphatic carbocycles. The Balaban J connectivity index is 1.51. The number of aromatic nitrogens is 2. The first-order valence-electron chi connectivity index (χ1n) is 11.8. The molecule has 2 aromatic carbocycles. The van der Waals surface area contributed by atoms with Crippen molar-refractivity contribution in [2.45, 2.75) is 39.2 Å². The second-order valence-corrected chi connectivity index (χ2v) is 9.11. The van der Waals surface area contributed by atoms with Crippen molar-refractivity contribution in [2.24, 2.45) is 5.92 Å². The molecule has 6 nitrogen and oxygen atoms in total. The van der Waals surface area contributed by atoms with Gasteiger partial charge in [0.05, 0.1) is 17.3 Å². The number of halogens is 1. The largest absolute Gasteiger partial charge is 0.481 e. The smallest absolute Gasteiger partial charge is 0.306 e. The number of hydrogen-bond acceptors (Lipinski definition) is 3. The van der Waals surface area contributed by atoms with Crippen molar-refractivity contribution in [2.75, 3.05) is 0 Å². The zero-order valence-electron chi connectivity index (χ0n) is 19.6. The number of benzene rings is 2. The predicted octanol–water partition coefficient (Wildman–Crippen LogP) is 5.27. The van der Waals surface area contributed by atoms with Gasteiger partial charge in [-0.15, -0.1) is 0 Å². The van der Waals surface area contributed by atoms with E-state index in [1.807, 2.05) is 54.8 Å². The first kappa shape index (κ1) is 22.8. The van der Waals surface area contributed by atoms with Crippen LogP contribution in [0.25, 0.3) is 28.0 Å². The molecule has 0 aliphatic heterocycles. The highest BCUT2D eigenvalue weighted by Gasteiger charge is 2.35. The van der Waals surface area contributed by atoms with Crippen molar-refractivity contribution >= 4 is 17.5 Å². The Morgan fingerprint density at radius 3 is 2.51 bits per heavy atom. The Labute approximate surface area is 202 Å². The van der Waals surface area contributed by atoms with Gasteiger partial charge in [0.25, 0.3) is 5.91 Å². The minimum Gasteiger partial charge on any atom is -0.481 e. The first-order chi connectivity index (χ1) is 16.9. The number of carbonyl (C=O) groups excluding carboxylic acids is 1. The number of nitrogens with zero attached hydrogens (tertiary/aromatic N) is 2. The average molecular weight is 472 g/mol. The fourth-order valence-corrected chi connectivity index (χ4v) is 4.76. The van der Waals surface area contributed by atoms with Crippen LogP contribution in [-0.4, -0.2) is 32.4 Å². The SMILES string of the molecule is CCc1c(-c2ccccc2-c2ccc(C)cc2F)nc2cc(C(=O)NC3CC(C(=O)O)C3)ccn12. The van der Waals surface area contributed by atoms with Gasteiger partial charge in [-0.25, -0.2) is 9.37 Å². The van der Waals surface area contributed by atoms with Crippen molar-refractivity contribution < 1.29 is 19.1 Å². The monoisotopic (exact) mass is 471 g/mol. The summed E-state index contributed by atoms with van der Waals surface area (Å²) in [6, 6.07) is 16.2. The number of aryl methyl sites for hydroxylation is 2. The van der Waals surface area contributed by atoms with E-state index in [1.54, 1.807) is 18.2 Å². The van der Waals surface area contributed by atoms with Gasteiger partial charge in [0.2, 0.25) is 0 Å². The molecule has 35 heavy (non-hydrogen) atoms. The van der Waals surface area contributed by atoms with E-state index in [-0.39, 0.29) is 23.7 Å². The zero-order valence-corrected chi connectivity index (χ0v) is 19.6. The lowest BCUT2D eigenvalue weighted by Crippen LogP contribution is -2.46. The Bertz CT molecular complexity index is 1450. The summed E-state index contributed by atoms with van der Waals surface area (Å²) in [4.78, 5) is 28.6. The highest BCUT2D eigenvalue weighted by atomic mass is 19.1. The van der Waals surface area contributed by atoms with Crippen molar-refractivity contribution in [1.82, 2.24) is 14.7 Å². The lowest BCUT2D eigenvalue weighted by Gasteiger charge is -2.32. The number of hydrogen-bond donors (Lipinski definition) is 2. The fraction of sp³-hybridized carbons (Fsp3) is 0.250. The minimum absolute atomic E-state index is 0.127. The Kier molecular flexibility index (Phi) is 5.84. The second kappa shape index (κ2) is 8.98. The molecule has 7 heteroatoms. The van der Waals surface area contributed by atoms with Crippen LogP contribution in [0.15, 0.2) is 60.8 Å². The summed E-state index contributed by atoms with van der Waals surface area (Å²) in [6.45, 7) is 3.90. The Morgan fingerprint density at radius 2 is 1.83 bits per heavy atom. The summed E-state index contributed by atoms with van der Waals surface area (Å²) < 4.78 is 16.8. The molecule has 1 fully saturated rings. The van der Waals surface area contributed by atoms with E-state index in [9.17, 15) is 14.0 Å². The highest BCUT2D eigenvalue weighted by molar-refractivity contribution is 5.95. The maximum atomic E-state index is 14.9. The third kappa shape index (κ3) is 4.18. The van der Waals surface area contributed by atoms with E-state index in [1.165, 1.54) is 6.07 Å². The van der Waals surface area contributed by atoms with Crippen molar-refractivity contribution in [3.8, 4) is 22.4 Å². The standard InChI is InChI=1S/C28H26FN3O3/c1-3-24-26(22-7-5-4-6-20(22)21-9-8-16(2)12-23(21)29)31-25-15-17(10-11-32(24)25)27(33)30-19-13-18(14-19)28(34)35/h4-12,15,18-19H,3,13-14H2,1-2H3,(H,30,33)(H,34,35). The maximum Gasteiger partial charge on any atom is 0.306 e. The first-order valence-corrected chi connectivity index (χ1v) is 11.8. The Hall–Kier alpha value is -4.00. The average Bonchev–Trinajstić information content (AvgIpc) is 3.18. The molecular formula is C28H26FN3O3. The quantitative estimate of drug-likeness (QED) is 0.401. The molecule has 0 spiro atoms. The van der Waals surface area contributed by atoms with Crippen LogP contribution in [0, 0.1) is 18.7 Å². The summed E-state index contributed by atoms with van der Waals surface area (Å²) >= 11 is 0. The number of aliphatic carboxylic acids is 1. The summed E-state index contributed by atoms with van der Waals surface area (Å²) in [5, 5.41) is 12.0. The van der Waals surface area contributed by atoms with Crippen LogP contribution in [0.4, 0.5) is 4.39 Å². The summed E-state index contributed by atoms with van der Waals surface area (Å²) in [6.07, 6.45) is 3.42. The van der Waals surface area contributed by atoms with Crippen LogP contribution in [0.1, 0.15) is 41.4 Å². The molecule has 4 aromatic rings. The molecule has 5 rings (SSSR count). The summed E-state index contributed by atoms with van der Waals surface area (Å²) in [5.41, 5.74) is 5.78. The number of amides is 1. The van der Waals surface area contributed by atoms with Gasteiger partial charge in [-0.2, -0.15) is 0 Å². The lowest BCUT2D eigenvalue weighted by molar-refractivity contribution is -0.145. The van der Waals surface area contributed by atoms with Gasteiger partial charge in [-0.1, -0.05) is 43.3 Å². The van der Waals surface area contributed by atoms with Crippen LogP contribution in [0.2, 0.25) is 0 Å². The Morgan fingerprint density at radius 1 is 1.09 bits per heavy atom. The molecule has 0 radical (unpaired) electrons. The number of nitrogens with one attached hydrogen (secondary N) is 1. The van der Waals surface area contributed by atoms with E-state index in [0.29, 0.717) is 36.0 Å². The van der Waals surface area contributed by atoms with E-state index in [0.717, 1.165) is 28.1 Å². The van der Waals surface area contributed by atoms with Gasteiger partial charge >= 0.3 is 5.97 Å². The molecule has 178 valence electrons. The molecule has 0 bridgehead atoms. The second-order valence-electron chi connectivity index (χ2n) is 9.11. The molecule has 2 heterocycles. The third-order valence-electron chi connectivity index (χ3n) is 6.74. The molecule has 1 saturated carbocycles. The van der Waals surface area contributed by atoms with Gasteiger partial charge < -0.3 is 14.8 Å². The fourth-order valence-electron chi connectivity index (χ4n) is 4.76. The summed E-state index contributed by atoms with van der Waals surface area (Å²) in [7, 11) is 0. The number of pyridine rings is 1. The van der Waals surface area contributed by atoms with Crippen LogP contribution >= 0.6 is 0 Å². The van der Waals surface area contributed by atoms with Crippen molar-refractivity contribution in [3.63, 3.8) is 0 Å². The maximum absolute atomic E-state index is 14.9. The summed E-state index contributed by atoms with van der Waals surface area (Å²) in [5.74, 6) is -1.73. The molecule has 0 atom stereocenters. The van der Waals surface area contributed by atoms with Gasteiger partial charge in [0.15, 0.2) is 0 Å². The molecular weight excluding hydrogens is 445 g/mol. The molecule has 2 aromatic heterocycles. The lowest BCUT2D eigenvalue weighted by atomic mass is 9.80. The van der Waals surface area contributed by atoms with Crippen molar-refractivity contribution in [1.29, 1.82) is 0 Å². The van der Waals surface area contributed by atoms with E-state index in [2.05, 4.69) is 5.32 Å². The molecule has 0 saturated heterocycles. The number of carboxylic acids is 1. The topological polar surface area (TPSA) is 83.7 Å². The van der Waals surface area contributed by atoms with Gasteiger partial charge in [0.1, 0.15) is 11.5 Å². The molecule has 1 amide bonds. The van der Waals surface area contributed by atoms with Crippen LogP contribution < -0.4 is 5.32 Å². The molecule has 0 unspecified atom stereocenters. The number of carboxylic acid groups (broad SMARTS) is 1.